The third kappa shape index (κ3) is 3.39. The molecule has 2 unspecified atom stereocenters. The fourth-order valence-corrected chi connectivity index (χ4v) is 2.76. The van der Waals surface area contributed by atoms with Gasteiger partial charge in [-0.15, -0.1) is 0 Å². The van der Waals surface area contributed by atoms with Crippen molar-refractivity contribution in [2.75, 3.05) is 12.0 Å². The zero-order valence-corrected chi connectivity index (χ0v) is 12.3. The highest BCUT2D eigenvalue weighted by Crippen LogP contribution is 2.23. The molecular weight excluding hydrogens is 254 g/mol. The molecule has 19 heavy (non-hydrogen) atoms. The van der Waals surface area contributed by atoms with E-state index in [4.69, 9.17) is 5.73 Å². The van der Waals surface area contributed by atoms with E-state index in [2.05, 4.69) is 34.9 Å². The van der Waals surface area contributed by atoms with Crippen LogP contribution < -0.4 is 5.73 Å². The van der Waals surface area contributed by atoms with E-state index >= 15 is 0 Å². The highest BCUT2D eigenvalue weighted by atomic mass is 32.2. The van der Waals surface area contributed by atoms with Gasteiger partial charge in [-0.05, 0) is 30.9 Å². The van der Waals surface area contributed by atoms with Crippen molar-refractivity contribution in [2.45, 2.75) is 25.4 Å². The molecule has 0 fully saturated rings. The molecular formula is C15H21N3S. The number of aromatic nitrogens is 2. The lowest BCUT2D eigenvalue weighted by atomic mass is 10.0. The SMILES string of the molecule is CSCCC(C)n1cncc1C(N)c1ccccc1. The summed E-state index contributed by atoms with van der Waals surface area (Å²) in [6, 6.07) is 10.5. The number of rotatable bonds is 6. The van der Waals surface area contributed by atoms with E-state index in [1.165, 1.54) is 0 Å². The number of hydrogen-bond donors (Lipinski definition) is 1. The average molecular weight is 275 g/mol. The minimum absolute atomic E-state index is 0.111. The Morgan fingerprint density at radius 3 is 2.74 bits per heavy atom. The van der Waals surface area contributed by atoms with E-state index in [0.717, 1.165) is 23.4 Å². The van der Waals surface area contributed by atoms with Crippen LogP contribution in [0.25, 0.3) is 0 Å². The zero-order chi connectivity index (χ0) is 13.7. The monoisotopic (exact) mass is 275 g/mol. The third-order valence-corrected chi connectivity index (χ3v) is 4.03. The van der Waals surface area contributed by atoms with Crippen LogP contribution in [0, 0.1) is 0 Å². The maximum atomic E-state index is 6.36. The minimum atomic E-state index is -0.111. The first-order chi connectivity index (χ1) is 9.24. The summed E-state index contributed by atoms with van der Waals surface area (Å²) in [6.45, 7) is 2.22. The van der Waals surface area contributed by atoms with E-state index in [-0.39, 0.29) is 6.04 Å². The standard InChI is InChI=1S/C15H21N3S/c1-12(8-9-19-2)18-11-17-10-14(18)15(16)13-6-4-3-5-7-13/h3-7,10-12,15H,8-9,16H2,1-2H3. The molecule has 2 atom stereocenters. The van der Waals surface area contributed by atoms with Crippen LogP contribution in [0.4, 0.5) is 0 Å². The van der Waals surface area contributed by atoms with Gasteiger partial charge in [0.05, 0.1) is 24.3 Å². The van der Waals surface area contributed by atoms with E-state index in [1.807, 2.05) is 42.5 Å². The Morgan fingerprint density at radius 1 is 1.32 bits per heavy atom. The van der Waals surface area contributed by atoms with Crippen molar-refractivity contribution < 1.29 is 0 Å². The summed E-state index contributed by atoms with van der Waals surface area (Å²) in [4.78, 5) is 4.27. The molecule has 0 aliphatic rings. The van der Waals surface area contributed by atoms with Gasteiger partial charge in [-0.25, -0.2) is 4.98 Å². The number of imidazole rings is 1. The predicted molar refractivity (Wildman–Crippen MR) is 82.4 cm³/mol. The molecule has 2 rings (SSSR count). The van der Waals surface area contributed by atoms with Gasteiger partial charge in [-0.2, -0.15) is 11.8 Å². The van der Waals surface area contributed by atoms with Crippen LogP contribution in [-0.4, -0.2) is 21.6 Å². The Morgan fingerprint density at radius 2 is 2.05 bits per heavy atom. The fraction of sp³-hybridized carbons (Fsp3) is 0.400. The molecule has 0 saturated carbocycles. The summed E-state index contributed by atoms with van der Waals surface area (Å²) in [6.07, 6.45) is 7.04. The van der Waals surface area contributed by atoms with Gasteiger partial charge < -0.3 is 10.3 Å². The largest absolute Gasteiger partial charge is 0.330 e. The van der Waals surface area contributed by atoms with Crippen molar-refractivity contribution in [1.82, 2.24) is 9.55 Å². The molecule has 0 spiro atoms. The van der Waals surface area contributed by atoms with Gasteiger partial charge in [0.1, 0.15) is 0 Å². The Hall–Kier alpha value is -1.26. The summed E-state index contributed by atoms with van der Waals surface area (Å²) >= 11 is 1.87. The first-order valence-corrected chi connectivity index (χ1v) is 7.94. The first-order valence-electron chi connectivity index (χ1n) is 6.55. The smallest absolute Gasteiger partial charge is 0.0951 e. The van der Waals surface area contributed by atoms with Crippen molar-refractivity contribution in [2.24, 2.45) is 5.73 Å². The first kappa shape index (κ1) is 14.2. The van der Waals surface area contributed by atoms with Crippen molar-refractivity contribution in [3.63, 3.8) is 0 Å². The number of benzene rings is 1. The molecule has 0 amide bonds. The molecule has 0 aliphatic heterocycles. The molecule has 0 radical (unpaired) electrons. The summed E-state index contributed by atoms with van der Waals surface area (Å²) in [5.41, 5.74) is 8.57. The molecule has 0 saturated heterocycles. The summed E-state index contributed by atoms with van der Waals surface area (Å²) in [5, 5.41) is 0. The molecule has 0 bridgehead atoms. The van der Waals surface area contributed by atoms with Crippen LogP contribution in [-0.2, 0) is 0 Å². The molecule has 3 nitrogen and oxygen atoms in total. The van der Waals surface area contributed by atoms with Gasteiger partial charge >= 0.3 is 0 Å². The molecule has 102 valence electrons. The minimum Gasteiger partial charge on any atom is -0.330 e. The molecule has 1 heterocycles. The van der Waals surface area contributed by atoms with Crippen LogP contribution in [0.5, 0.6) is 0 Å². The number of thioether (sulfide) groups is 1. The van der Waals surface area contributed by atoms with E-state index in [0.29, 0.717) is 6.04 Å². The van der Waals surface area contributed by atoms with Crippen molar-refractivity contribution in [3.05, 3.63) is 54.1 Å². The Balaban J connectivity index is 2.19. The number of hydrogen-bond acceptors (Lipinski definition) is 3. The Kier molecular flexibility index (Phi) is 5.05. The number of nitrogens with two attached hydrogens (primary N) is 1. The summed E-state index contributed by atoms with van der Waals surface area (Å²) in [5.74, 6) is 1.15. The third-order valence-electron chi connectivity index (χ3n) is 3.39. The van der Waals surface area contributed by atoms with Gasteiger partial charge in [0.2, 0.25) is 0 Å². The summed E-state index contributed by atoms with van der Waals surface area (Å²) in [7, 11) is 0. The van der Waals surface area contributed by atoms with Crippen LogP contribution in [0.3, 0.4) is 0 Å². The number of nitrogens with zero attached hydrogens (tertiary/aromatic N) is 2. The Bertz CT molecular complexity index is 495. The predicted octanol–water partition coefficient (Wildman–Crippen LogP) is 3.25. The average Bonchev–Trinajstić information content (AvgIpc) is 2.94. The topological polar surface area (TPSA) is 43.8 Å². The molecule has 2 N–H and O–H groups in total. The molecule has 4 heteroatoms. The zero-order valence-electron chi connectivity index (χ0n) is 11.5. The highest BCUT2D eigenvalue weighted by Gasteiger charge is 2.16. The van der Waals surface area contributed by atoms with E-state index in [9.17, 15) is 0 Å². The van der Waals surface area contributed by atoms with Gasteiger partial charge in [0, 0.05) is 6.04 Å². The molecule has 2 aromatic rings. The van der Waals surface area contributed by atoms with Crippen LogP contribution in [0.1, 0.15) is 36.7 Å². The molecule has 0 aliphatic carbocycles. The lowest BCUT2D eigenvalue weighted by molar-refractivity contribution is 0.507. The van der Waals surface area contributed by atoms with E-state index < -0.39 is 0 Å². The van der Waals surface area contributed by atoms with Gasteiger partial charge in [-0.3, -0.25) is 0 Å². The van der Waals surface area contributed by atoms with Crippen molar-refractivity contribution in [3.8, 4) is 0 Å². The highest BCUT2D eigenvalue weighted by molar-refractivity contribution is 7.98. The van der Waals surface area contributed by atoms with Crippen molar-refractivity contribution in [1.29, 1.82) is 0 Å². The lowest BCUT2D eigenvalue weighted by Gasteiger charge is -2.20. The lowest BCUT2D eigenvalue weighted by Crippen LogP contribution is -2.18. The van der Waals surface area contributed by atoms with E-state index in [1.54, 1.807) is 0 Å². The second kappa shape index (κ2) is 6.78. The van der Waals surface area contributed by atoms with Crippen LogP contribution in [0.2, 0.25) is 0 Å². The second-order valence-corrected chi connectivity index (χ2v) is 5.73. The maximum Gasteiger partial charge on any atom is 0.0951 e. The summed E-state index contributed by atoms with van der Waals surface area (Å²) < 4.78 is 2.20. The molecule has 1 aromatic carbocycles. The quantitative estimate of drug-likeness (QED) is 0.880. The fourth-order valence-electron chi connectivity index (χ4n) is 2.18. The Labute approximate surface area is 119 Å². The van der Waals surface area contributed by atoms with Crippen LogP contribution in [0.15, 0.2) is 42.9 Å². The maximum absolute atomic E-state index is 6.36. The van der Waals surface area contributed by atoms with Gasteiger partial charge in [0.15, 0.2) is 0 Å². The normalized spacial score (nSPS) is 14.3. The van der Waals surface area contributed by atoms with Gasteiger partial charge in [0.25, 0.3) is 0 Å². The second-order valence-electron chi connectivity index (χ2n) is 4.74. The van der Waals surface area contributed by atoms with Crippen molar-refractivity contribution >= 4 is 11.8 Å². The van der Waals surface area contributed by atoms with Crippen LogP contribution >= 0.6 is 11.8 Å². The van der Waals surface area contributed by atoms with Gasteiger partial charge in [-0.1, -0.05) is 30.3 Å². The molecule has 1 aromatic heterocycles.